The van der Waals surface area contributed by atoms with E-state index in [4.69, 9.17) is 9.47 Å². The van der Waals surface area contributed by atoms with E-state index in [1.165, 1.54) is 35.9 Å². The van der Waals surface area contributed by atoms with Crippen molar-refractivity contribution in [1.82, 2.24) is 9.88 Å². The number of nitrogens with zero attached hydrogens (tertiary/aromatic N) is 1. The van der Waals surface area contributed by atoms with Crippen LogP contribution in [-0.2, 0) is 16.1 Å². The number of hydrogen-bond acceptors (Lipinski definition) is 5. The van der Waals surface area contributed by atoms with Crippen molar-refractivity contribution in [2.75, 3.05) is 19.0 Å². The van der Waals surface area contributed by atoms with Crippen LogP contribution in [0.3, 0.4) is 0 Å². The number of benzene rings is 3. The van der Waals surface area contributed by atoms with Crippen LogP contribution >= 0.6 is 0 Å². The minimum absolute atomic E-state index is 0.253. The maximum atomic E-state index is 13.9. The molecule has 0 atom stereocenters. The Bertz CT molecular complexity index is 1950. The van der Waals surface area contributed by atoms with Crippen LogP contribution in [0.4, 0.5) is 5.69 Å². The van der Waals surface area contributed by atoms with E-state index < -0.39 is 11.5 Å². The lowest BCUT2D eigenvalue weighted by atomic mass is 9.75. The van der Waals surface area contributed by atoms with Crippen molar-refractivity contribution in [3.63, 3.8) is 0 Å². The van der Waals surface area contributed by atoms with Crippen molar-refractivity contribution in [3.8, 4) is 22.8 Å². The molecule has 2 amide bonds. The predicted molar refractivity (Wildman–Crippen MR) is 190 cm³/mol. The molecule has 0 saturated heterocycles. The number of aliphatic carboxylic acids is 1. The number of methoxy groups -OCH3 is 1. The Morgan fingerprint density at radius 2 is 1.78 bits per heavy atom. The number of carbonyl (C=O) groups excluding carboxylic acids is 2. The van der Waals surface area contributed by atoms with Gasteiger partial charge in [-0.05, 0) is 98.0 Å². The zero-order chi connectivity index (χ0) is 34.1. The van der Waals surface area contributed by atoms with Gasteiger partial charge < -0.3 is 29.8 Å². The van der Waals surface area contributed by atoms with Gasteiger partial charge in [0.25, 0.3) is 5.91 Å². The lowest BCUT2D eigenvalue weighted by molar-refractivity contribution is -0.132. The molecule has 7 rings (SSSR count). The molecule has 49 heavy (non-hydrogen) atoms. The van der Waals surface area contributed by atoms with E-state index in [1.807, 2.05) is 24.3 Å². The lowest BCUT2D eigenvalue weighted by Gasteiger charge is -2.40. The van der Waals surface area contributed by atoms with E-state index >= 15 is 0 Å². The van der Waals surface area contributed by atoms with Gasteiger partial charge in [0.2, 0.25) is 5.91 Å². The largest absolute Gasteiger partial charge is 0.497 e. The number of hydrogen-bond donors (Lipinski definition) is 3. The highest BCUT2D eigenvalue weighted by molar-refractivity contribution is 6.06. The van der Waals surface area contributed by atoms with Crippen LogP contribution in [0, 0.1) is 0 Å². The Morgan fingerprint density at radius 1 is 1.00 bits per heavy atom. The molecule has 0 radical (unpaired) electrons. The molecule has 2 saturated carbocycles. The predicted octanol–water partition coefficient (Wildman–Crippen LogP) is 7.93. The normalized spacial score (nSPS) is 17.1. The summed E-state index contributed by atoms with van der Waals surface area (Å²) in [4.78, 5) is 38.9. The van der Waals surface area contributed by atoms with Crippen molar-refractivity contribution < 1.29 is 29.0 Å². The third-order valence-corrected chi connectivity index (χ3v) is 10.6. The Balaban J connectivity index is 1.17. The first-order valence-corrected chi connectivity index (χ1v) is 17.5. The van der Waals surface area contributed by atoms with Crippen molar-refractivity contribution in [2.24, 2.45) is 0 Å². The summed E-state index contributed by atoms with van der Waals surface area (Å²) in [5, 5.41) is 16.6. The van der Waals surface area contributed by atoms with E-state index in [-0.39, 0.29) is 11.8 Å². The zero-order valence-electron chi connectivity index (χ0n) is 28.1. The molecule has 2 heterocycles. The molecule has 9 nitrogen and oxygen atoms in total. The molecular formula is C40H43N3O6. The van der Waals surface area contributed by atoms with Crippen molar-refractivity contribution >= 4 is 40.4 Å². The van der Waals surface area contributed by atoms with E-state index in [9.17, 15) is 19.5 Å². The average molecular weight is 662 g/mol. The molecule has 0 spiro atoms. The molecular weight excluding hydrogens is 618 g/mol. The number of carboxylic acid groups (broad SMARTS) is 1. The monoisotopic (exact) mass is 661 g/mol. The number of nitrogens with one attached hydrogen (secondary N) is 2. The lowest BCUT2D eigenvalue weighted by Crippen LogP contribution is -2.61. The second kappa shape index (κ2) is 13.5. The summed E-state index contributed by atoms with van der Waals surface area (Å²) >= 11 is 0. The fourth-order valence-corrected chi connectivity index (χ4v) is 7.69. The van der Waals surface area contributed by atoms with Crippen LogP contribution in [0.2, 0.25) is 0 Å². The molecule has 2 aliphatic carbocycles. The summed E-state index contributed by atoms with van der Waals surface area (Å²) in [6, 6.07) is 19.1. The molecule has 0 bridgehead atoms. The van der Waals surface area contributed by atoms with Gasteiger partial charge in [0, 0.05) is 39.4 Å². The summed E-state index contributed by atoms with van der Waals surface area (Å²) in [5.74, 6) is 0.522. The SMILES string of the molecule is CCC(=Cc1ccc(NC(=O)C2(NC(=O)c3ccc4c(C5CCCCC5)c5n(c4c3)CCOc3cc(OC)ccc3-5)CCC2)cc1)C(=O)O. The molecule has 1 aromatic heterocycles. The second-order valence-electron chi connectivity index (χ2n) is 13.5. The maximum Gasteiger partial charge on any atom is 0.331 e. The van der Waals surface area contributed by atoms with E-state index in [1.54, 1.807) is 44.4 Å². The van der Waals surface area contributed by atoms with Gasteiger partial charge in [-0.1, -0.05) is 44.4 Å². The summed E-state index contributed by atoms with van der Waals surface area (Å²) in [6.07, 6.45) is 9.94. The number of rotatable bonds is 9. The molecule has 2 fully saturated rings. The summed E-state index contributed by atoms with van der Waals surface area (Å²) in [5.41, 5.74) is 5.71. The van der Waals surface area contributed by atoms with Crippen LogP contribution in [-0.4, -0.2) is 46.7 Å². The highest BCUT2D eigenvalue weighted by Crippen LogP contribution is 2.48. The van der Waals surface area contributed by atoms with Gasteiger partial charge in [0.15, 0.2) is 0 Å². The zero-order valence-corrected chi connectivity index (χ0v) is 28.1. The third kappa shape index (κ3) is 6.18. The van der Waals surface area contributed by atoms with Crippen LogP contribution < -0.4 is 20.1 Å². The molecule has 3 aliphatic rings. The summed E-state index contributed by atoms with van der Waals surface area (Å²) in [7, 11) is 1.66. The Hall–Kier alpha value is -5.05. The minimum Gasteiger partial charge on any atom is -0.497 e. The highest BCUT2D eigenvalue weighted by Gasteiger charge is 2.45. The minimum atomic E-state index is -1.00. The van der Waals surface area contributed by atoms with Crippen molar-refractivity contribution in [2.45, 2.75) is 82.7 Å². The number of carboxylic acids is 1. The molecule has 9 heteroatoms. The Morgan fingerprint density at radius 3 is 2.45 bits per heavy atom. The number of amides is 2. The Kier molecular flexibility index (Phi) is 8.92. The standard InChI is InChI=1S/C40H43N3O6/c1-3-26(38(45)46)22-25-10-13-29(14-11-25)41-39(47)40(18-7-19-40)42-37(44)28-12-16-31-33(23-28)43-20-21-49-34-24-30(48-2)15-17-32(34)36(43)35(31)27-8-5-4-6-9-27/h10-17,22-24,27H,3-9,18-21H2,1-2H3,(H,41,47)(H,42,44)(H,45,46). The van der Waals surface area contributed by atoms with Crippen molar-refractivity contribution in [1.29, 1.82) is 0 Å². The fourth-order valence-electron chi connectivity index (χ4n) is 7.69. The van der Waals surface area contributed by atoms with Gasteiger partial charge in [-0.25, -0.2) is 4.79 Å². The van der Waals surface area contributed by atoms with Gasteiger partial charge in [-0.15, -0.1) is 0 Å². The second-order valence-corrected chi connectivity index (χ2v) is 13.5. The molecule has 4 aromatic rings. The molecule has 3 N–H and O–H groups in total. The van der Waals surface area contributed by atoms with Gasteiger partial charge in [0.05, 0.1) is 19.3 Å². The van der Waals surface area contributed by atoms with Gasteiger partial charge >= 0.3 is 5.97 Å². The number of aromatic nitrogens is 1. The number of fused-ring (bicyclic) bond motifs is 5. The van der Waals surface area contributed by atoms with Crippen LogP contribution in [0.15, 0.2) is 66.2 Å². The van der Waals surface area contributed by atoms with Gasteiger partial charge in [0.1, 0.15) is 23.6 Å². The third-order valence-electron chi connectivity index (χ3n) is 10.6. The smallest absolute Gasteiger partial charge is 0.331 e. The van der Waals surface area contributed by atoms with Crippen LogP contribution in [0.5, 0.6) is 11.5 Å². The first kappa shape index (κ1) is 32.5. The van der Waals surface area contributed by atoms with Crippen molar-refractivity contribution in [3.05, 3.63) is 82.9 Å². The van der Waals surface area contributed by atoms with E-state index in [0.29, 0.717) is 55.2 Å². The maximum absolute atomic E-state index is 13.9. The topological polar surface area (TPSA) is 119 Å². The quantitative estimate of drug-likeness (QED) is 0.157. The summed E-state index contributed by atoms with van der Waals surface area (Å²) < 4.78 is 14.1. The van der Waals surface area contributed by atoms with E-state index in [0.717, 1.165) is 47.4 Å². The summed E-state index contributed by atoms with van der Waals surface area (Å²) in [6.45, 7) is 2.95. The fraction of sp³-hybridized carbons (Fsp3) is 0.375. The van der Waals surface area contributed by atoms with Crippen LogP contribution in [0.1, 0.15) is 92.1 Å². The van der Waals surface area contributed by atoms with Gasteiger partial charge in [-0.2, -0.15) is 0 Å². The Labute approximate surface area is 286 Å². The molecule has 0 unspecified atom stereocenters. The first-order chi connectivity index (χ1) is 23.8. The highest BCUT2D eigenvalue weighted by atomic mass is 16.5. The number of anilines is 1. The number of carbonyl (C=O) groups is 3. The molecule has 1 aliphatic heterocycles. The molecule has 3 aromatic carbocycles. The van der Waals surface area contributed by atoms with E-state index in [2.05, 4.69) is 27.3 Å². The number of ether oxygens (including phenoxy) is 2. The van der Waals surface area contributed by atoms with Crippen LogP contribution in [0.25, 0.3) is 28.2 Å². The van der Waals surface area contributed by atoms with Gasteiger partial charge in [-0.3, -0.25) is 9.59 Å². The molecule has 254 valence electrons. The first-order valence-electron chi connectivity index (χ1n) is 17.5. The average Bonchev–Trinajstić information content (AvgIpc) is 3.30.